The lowest BCUT2D eigenvalue weighted by atomic mass is 10.1. The van der Waals surface area contributed by atoms with Crippen LogP contribution in [-0.4, -0.2) is 20.4 Å². The van der Waals surface area contributed by atoms with Crippen LogP contribution in [-0.2, 0) is 11.8 Å². The van der Waals surface area contributed by atoms with E-state index in [1.807, 2.05) is 6.07 Å². The third kappa shape index (κ3) is 2.92. The molecule has 5 nitrogen and oxygen atoms in total. The van der Waals surface area contributed by atoms with Crippen LogP contribution in [0, 0.1) is 6.92 Å². The van der Waals surface area contributed by atoms with Crippen molar-refractivity contribution in [1.29, 1.82) is 0 Å². The lowest BCUT2D eigenvalue weighted by Gasteiger charge is -2.13. The zero-order chi connectivity index (χ0) is 17.4. The molecule has 0 saturated heterocycles. The number of carbonyl (C=O) groups excluding carboxylic acids is 1. The molecule has 1 aromatic carbocycles. The Balaban J connectivity index is 2.52. The van der Waals surface area contributed by atoms with Gasteiger partial charge < -0.3 is 4.57 Å². The number of amides is 1. The van der Waals surface area contributed by atoms with E-state index < -0.39 is 0 Å². The fourth-order valence-electron chi connectivity index (χ4n) is 2.56. The van der Waals surface area contributed by atoms with Crippen LogP contribution >= 0.6 is 23.2 Å². The fourth-order valence-corrected chi connectivity index (χ4v) is 3.16. The van der Waals surface area contributed by atoms with Gasteiger partial charge in [-0.15, -0.1) is 0 Å². The van der Waals surface area contributed by atoms with Crippen molar-refractivity contribution in [2.24, 2.45) is 12.0 Å². The lowest BCUT2D eigenvalue weighted by Crippen LogP contribution is -2.23. The van der Waals surface area contributed by atoms with Crippen LogP contribution in [0.25, 0.3) is 22.2 Å². The Hall–Kier alpha value is -2.24. The second-order valence-corrected chi connectivity index (χ2v) is 6.18. The summed E-state index contributed by atoms with van der Waals surface area (Å²) in [6.07, 6.45) is 1.73. The molecule has 0 atom stereocenters. The first kappa shape index (κ1) is 16.6. The predicted octanol–water partition coefficient (Wildman–Crippen LogP) is 3.70. The first-order chi connectivity index (χ1) is 11.4. The highest BCUT2D eigenvalue weighted by molar-refractivity contribution is 6.39. The Morgan fingerprint density at radius 3 is 2.54 bits per heavy atom. The minimum atomic E-state index is -0.319. The topological polar surface area (TPSA) is 60.1 Å². The monoisotopic (exact) mass is 360 g/mol. The van der Waals surface area contributed by atoms with Gasteiger partial charge in [0.25, 0.3) is 0 Å². The molecule has 3 aromatic rings. The third-order valence-electron chi connectivity index (χ3n) is 3.59. The van der Waals surface area contributed by atoms with E-state index in [9.17, 15) is 4.79 Å². The number of halogens is 2. The smallest absolute Gasteiger partial charge is 0.244 e. The zero-order valence-electron chi connectivity index (χ0n) is 13.3. The van der Waals surface area contributed by atoms with Crippen molar-refractivity contribution in [2.75, 3.05) is 0 Å². The Bertz CT molecular complexity index is 1020. The number of rotatable bonds is 1. The van der Waals surface area contributed by atoms with Crippen LogP contribution in [0.1, 0.15) is 12.7 Å². The number of aryl methyl sites for hydroxylation is 2. The van der Waals surface area contributed by atoms with Gasteiger partial charge in [-0.2, -0.15) is 4.99 Å². The van der Waals surface area contributed by atoms with Crippen LogP contribution in [0.4, 0.5) is 0 Å². The first-order valence-electron chi connectivity index (χ1n) is 7.21. The molecule has 0 aliphatic rings. The molecule has 0 radical (unpaired) electrons. The Morgan fingerprint density at radius 2 is 1.92 bits per heavy atom. The molecule has 7 heteroatoms. The molecule has 0 spiro atoms. The normalized spacial score (nSPS) is 12.0. The highest BCUT2D eigenvalue weighted by Crippen LogP contribution is 2.33. The summed E-state index contributed by atoms with van der Waals surface area (Å²) in [5.41, 5.74) is 2.40. The van der Waals surface area contributed by atoms with Gasteiger partial charge in [0.1, 0.15) is 17.0 Å². The Morgan fingerprint density at radius 1 is 1.25 bits per heavy atom. The number of pyridine rings is 1. The summed E-state index contributed by atoms with van der Waals surface area (Å²) in [6, 6.07) is 7.11. The zero-order valence-corrected chi connectivity index (χ0v) is 14.9. The van der Waals surface area contributed by atoms with E-state index in [4.69, 9.17) is 23.2 Å². The lowest BCUT2D eigenvalue weighted by molar-refractivity contribution is -0.116. The molecule has 0 bridgehead atoms. The van der Waals surface area contributed by atoms with Crippen molar-refractivity contribution in [3.63, 3.8) is 0 Å². The standard InChI is InChI=1S/C17H14Cl2N4O/c1-9-20-8-11-7-12(15-13(18)5-4-6-14(15)19)17(22-10(2)24)23(3)16(11)21-9/h4-8H,1-3H3. The van der Waals surface area contributed by atoms with E-state index in [1.54, 1.807) is 42.9 Å². The maximum Gasteiger partial charge on any atom is 0.244 e. The molecule has 2 heterocycles. The van der Waals surface area contributed by atoms with Crippen molar-refractivity contribution in [1.82, 2.24) is 14.5 Å². The van der Waals surface area contributed by atoms with Crippen molar-refractivity contribution >= 4 is 40.1 Å². The second kappa shape index (κ2) is 6.34. The number of fused-ring (bicyclic) bond motifs is 1. The number of benzene rings is 1. The summed E-state index contributed by atoms with van der Waals surface area (Å²) in [5.74, 6) is 0.315. The average molecular weight is 361 g/mol. The summed E-state index contributed by atoms with van der Waals surface area (Å²) in [4.78, 5) is 24.5. The molecule has 0 aliphatic heterocycles. The van der Waals surface area contributed by atoms with E-state index in [0.29, 0.717) is 38.1 Å². The fraction of sp³-hybridized carbons (Fsp3) is 0.176. The SMILES string of the molecule is CC(=O)N=c1c(-c2c(Cl)cccc2Cl)cc2cnc(C)nc2n1C. The highest BCUT2D eigenvalue weighted by atomic mass is 35.5. The maximum atomic E-state index is 11.6. The molecule has 0 fully saturated rings. The molecule has 24 heavy (non-hydrogen) atoms. The summed E-state index contributed by atoms with van der Waals surface area (Å²) >= 11 is 12.7. The minimum absolute atomic E-state index is 0.319. The van der Waals surface area contributed by atoms with Crippen LogP contribution < -0.4 is 5.49 Å². The number of carbonyl (C=O) groups is 1. The van der Waals surface area contributed by atoms with Crippen molar-refractivity contribution in [3.8, 4) is 11.1 Å². The van der Waals surface area contributed by atoms with Crippen LogP contribution in [0.3, 0.4) is 0 Å². The van der Waals surface area contributed by atoms with Crippen LogP contribution in [0.2, 0.25) is 10.0 Å². The summed E-state index contributed by atoms with van der Waals surface area (Å²) in [6.45, 7) is 3.20. The molecule has 3 rings (SSSR count). The highest BCUT2D eigenvalue weighted by Gasteiger charge is 2.15. The van der Waals surface area contributed by atoms with Gasteiger partial charge in [-0.25, -0.2) is 9.97 Å². The molecule has 0 N–H and O–H groups in total. The minimum Gasteiger partial charge on any atom is -0.313 e. The number of hydrogen-bond acceptors (Lipinski definition) is 3. The largest absolute Gasteiger partial charge is 0.313 e. The van der Waals surface area contributed by atoms with Gasteiger partial charge in [0.2, 0.25) is 5.91 Å². The molecular weight excluding hydrogens is 347 g/mol. The molecule has 0 unspecified atom stereocenters. The first-order valence-corrected chi connectivity index (χ1v) is 7.97. The van der Waals surface area contributed by atoms with E-state index >= 15 is 0 Å². The van der Waals surface area contributed by atoms with E-state index in [2.05, 4.69) is 15.0 Å². The molecule has 0 aliphatic carbocycles. The van der Waals surface area contributed by atoms with Gasteiger partial charge >= 0.3 is 0 Å². The van der Waals surface area contributed by atoms with Crippen molar-refractivity contribution in [2.45, 2.75) is 13.8 Å². The van der Waals surface area contributed by atoms with E-state index in [1.165, 1.54) is 6.92 Å². The van der Waals surface area contributed by atoms with Crippen molar-refractivity contribution in [3.05, 3.63) is 51.8 Å². The predicted molar refractivity (Wildman–Crippen MR) is 94.9 cm³/mol. The van der Waals surface area contributed by atoms with Gasteiger partial charge in [-0.3, -0.25) is 4.79 Å². The van der Waals surface area contributed by atoms with E-state index in [0.717, 1.165) is 5.39 Å². The summed E-state index contributed by atoms with van der Waals surface area (Å²) in [5, 5.41) is 1.77. The quantitative estimate of drug-likeness (QED) is 0.664. The molecule has 2 aromatic heterocycles. The van der Waals surface area contributed by atoms with Gasteiger partial charge in [-0.05, 0) is 25.1 Å². The van der Waals surface area contributed by atoms with Gasteiger partial charge in [-0.1, -0.05) is 29.3 Å². The number of aromatic nitrogens is 3. The molecular formula is C17H14Cl2N4O. The summed E-state index contributed by atoms with van der Waals surface area (Å²) < 4.78 is 1.75. The second-order valence-electron chi connectivity index (χ2n) is 5.36. The number of nitrogens with zero attached hydrogens (tertiary/aromatic N) is 4. The number of hydrogen-bond donors (Lipinski definition) is 0. The average Bonchev–Trinajstić information content (AvgIpc) is 2.51. The maximum absolute atomic E-state index is 11.6. The van der Waals surface area contributed by atoms with Crippen molar-refractivity contribution < 1.29 is 4.79 Å². The van der Waals surface area contributed by atoms with Crippen LogP contribution in [0.15, 0.2) is 35.5 Å². The van der Waals surface area contributed by atoms with Gasteiger partial charge in [0, 0.05) is 36.7 Å². The Labute approximate surface area is 148 Å². The van der Waals surface area contributed by atoms with Gasteiger partial charge in [0.15, 0.2) is 0 Å². The van der Waals surface area contributed by atoms with Gasteiger partial charge in [0.05, 0.1) is 10.0 Å². The Kier molecular flexibility index (Phi) is 4.39. The molecule has 1 amide bonds. The third-order valence-corrected chi connectivity index (χ3v) is 4.22. The van der Waals surface area contributed by atoms with Crippen LogP contribution in [0.5, 0.6) is 0 Å². The molecule has 122 valence electrons. The molecule has 0 saturated carbocycles. The van der Waals surface area contributed by atoms with E-state index in [-0.39, 0.29) is 5.91 Å². The summed E-state index contributed by atoms with van der Waals surface area (Å²) in [7, 11) is 1.80.